The number of aromatic nitrogens is 4. The Hall–Kier alpha value is -2.75. The first-order valence-electron chi connectivity index (χ1n) is 9.91. The van der Waals surface area contributed by atoms with Crippen molar-refractivity contribution in [2.45, 2.75) is 32.7 Å². The fourth-order valence-corrected chi connectivity index (χ4v) is 3.28. The first-order chi connectivity index (χ1) is 13.9. The maximum absolute atomic E-state index is 12.3. The summed E-state index contributed by atoms with van der Waals surface area (Å²) in [6.45, 7) is 7.53. The SMILES string of the molecule is COC(=O)[C@@H](NC(=O)CCc1nnc2ccc(N3CCN(C)CC3)nn12)C(C)C. The molecule has 158 valence electrons. The van der Waals surface area contributed by atoms with Gasteiger partial charge in [-0.1, -0.05) is 13.8 Å². The number of hydrogen-bond acceptors (Lipinski definition) is 8. The van der Waals surface area contributed by atoms with Gasteiger partial charge in [0.25, 0.3) is 0 Å². The second-order valence-corrected chi connectivity index (χ2v) is 7.68. The summed E-state index contributed by atoms with van der Waals surface area (Å²) in [4.78, 5) is 28.7. The van der Waals surface area contributed by atoms with Crippen LogP contribution in [-0.4, -0.2) is 83.0 Å². The van der Waals surface area contributed by atoms with Gasteiger partial charge >= 0.3 is 5.97 Å². The van der Waals surface area contributed by atoms with Crippen LogP contribution in [0.15, 0.2) is 12.1 Å². The van der Waals surface area contributed by atoms with Crippen molar-refractivity contribution in [3.63, 3.8) is 0 Å². The number of rotatable bonds is 7. The van der Waals surface area contributed by atoms with Crippen LogP contribution in [0.2, 0.25) is 0 Å². The Morgan fingerprint density at radius 3 is 2.55 bits per heavy atom. The Kier molecular flexibility index (Phi) is 6.63. The molecule has 1 aliphatic heterocycles. The lowest BCUT2D eigenvalue weighted by molar-refractivity contribution is -0.146. The van der Waals surface area contributed by atoms with E-state index in [1.165, 1.54) is 7.11 Å². The monoisotopic (exact) mass is 403 g/mol. The number of carbonyl (C=O) groups is 2. The van der Waals surface area contributed by atoms with Crippen molar-refractivity contribution >= 4 is 23.3 Å². The molecule has 1 N–H and O–H groups in total. The van der Waals surface area contributed by atoms with Crippen molar-refractivity contribution in [2.24, 2.45) is 5.92 Å². The molecule has 0 bridgehead atoms. The number of fused-ring (bicyclic) bond motifs is 1. The normalized spacial score (nSPS) is 16.2. The number of nitrogens with one attached hydrogen (secondary N) is 1. The van der Waals surface area contributed by atoms with E-state index in [1.807, 2.05) is 26.0 Å². The Labute approximate surface area is 170 Å². The first-order valence-corrected chi connectivity index (χ1v) is 9.91. The minimum Gasteiger partial charge on any atom is -0.467 e. The fraction of sp³-hybridized carbons (Fsp3) is 0.632. The van der Waals surface area contributed by atoms with Crippen LogP contribution >= 0.6 is 0 Å². The quantitative estimate of drug-likeness (QED) is 0.650. The van der Waals surface area contributed by atoms with Gasteiger partial charge in [0, 0.05) is 39.0 Å². The molecular formula is C19H29N7O3. The average molecular weight is 403 g/mol. The predicted octanol–water partition coefficient (Wildman–Crippen LogP) is 0.123. The number of nitrogens with zero attached hydrogens (tertiary/aromatic N) is 6. The second kappa shape index (κ2) is 9.17. The van der Waals surface area contributed by atoms with Gasteiger partial charge in [-0.25, -0.2) is 4.79 Å². The number of hydrogen-bond donors (Lipinski definition) is 1. The molecule has 10 nitrogen and oxygen atoms in total. The third-order valence-corrected chi connectivity index (χ3v) is 5.15. The number of ether oxygens (including phenoxy) is 1. The van der Waals surface area contributed by atoms with Gasteiger partial charge < -0.3 is 19.9 Å². The predicted molar refractivity (Wildman–Crippen MR) is 108 cm³/mol. The Balaban J connectivity index is 1.66. The maximum atomic E-state index is 12.3. The minimum absolute atomic E-state index is 0.0619. The number of anilines is 1. The maximum Gasteiger partial charge on any atom is 0.328 e. The zero-order chi connectivity index (χ0) is 21.0. The van der Waals surface area contributed by atoms with E-state index in [0.717, 1.165) is 32.0 Å². The van der Waals surface area contributed by atoms with Crippen molar-refractivity contribution in [2.75, 3.05) is 45.2 Å². The number of esters is 1. The topological polar surface area (TPSA) is 105 Å². The molecule has 0 aliphatic carbocycles. The number of methoxy groups -OCH3 is 1. The van der Waals surface area contributed by atoms with Gasteiger partial charge in [-0.3, -0.25) is 4.79 Å². The van der Waals surface area contributed by atoms with E-state index in [1.54, 1.807) is 4.52 Å². The van der Waals surface area contributed by atoms with E-state index in [4.69, 9.17) is 4.74 Å². The van der Waals surface area contributed by atoms with Gasteiger partial charge in [0.05, 0.1) is 7.11 Å². The molecule has 0 unspecified atom stereocenters. The lowest BCUT2D eigenvalue weighted by Gasteiger charge is -2.33. The van der Waals surface area contributed by atoms with Crippen molar-refractivity contribution < 1.29 is 14.3 Å². The van der Waals surface area contributed by atoms with Gasteiger partial charge in [-0.2, -0.15) is 4.52 Å². The van der Waals surface area contributed by atoms with E-state index in [0.29, 0.717) is 17.9 Å². The van der Waals surface area contributed by atoms with Crippen LogP contribution in [0.25, 0.3) is 5.65 Å². The van der Waals surface area contributed by atoms with Crippen molar-refractivity contribution in [1.82, 2.24) is 30.0 Å². The Morgan fingerprint density at radius 2 is 1.90 bits per heavy atom. The molecule has 1 fully saturated rings. The van der Waals surface area contributed by atoms with Crippen LogP contribution in [-0.2, 0) is 20.7 Å². The van der Waals surface area contributed by atoms with E-state index >= 15 is 0 Å². The Bertz CT molecular complexity index is 859. The third kappa shape index (κ3) is 5.00. The van der Waals surface area contributed by atoms with Crippen molar-refractivity contribution in [1.29, 1.82) is 0 Å². The van der Waals surface area contributed by atoms with E-state index in [2.05, 4.69) is 37.5 Å². The summed E-state index contributed by atoms with van der Waals surface area (Å²) in [5.41, 5.74) is 0.646. The molecule has 2 aromatic rings. The highest BCUT2D eigenvalue weighted by Gasteiger charge is 2.25. The largest absolute Gasteiger partial charge is 0.467 e. The zero-order valence-corrected chi connectivity index (χ0v) is 17.5. The van der Waals surface area contributed by atoms with Crippen LogP contribution in [0.3, 0.4) is 0 Å². The number of aryl methyl sites for hydroxylation is 1. The van der Waals surface area contributed by atoms with Crippen LogP contribution in [0.5, 0.6) is 0 Å². The zero-order valence-electron chi connectivity index (χ0n) is 17.5. The molecule has 2 aromatic heterocycles. The van der Waals surface area contributed by atoms with Crippen LogP contribution < -0.4 is 10.2 Å². The molecule has 3 rings (SSSR count). The lowest BCUT2D eigenvalue weighted by atomic mass is 10.0. The molecule has 10 heteroatoms. The summed E-state index contributed by atoms with van der Waals surface area (Å²) in [5.74, 6) is 0.751. The van der Waals surface area contributed by atoms with Crippen LogP contribution in [0, 0.1) is 5.92 Å². The van der Waals surface area contributed by atoms with Gasteiger partial charge in [0.1, 0.15) is 11.9 Å². The number of carbonyl (C=O) groups excluding carboxylic acids is 2. The summed E-state index contributed by atoms with van der Waals surface area (Å²) < 4.78 is 6.46. The molecule has 0 aromatic carbocycles. The molecule has 0 spiro atoms. The van der Waals surface area contributed by atoms with E-state index in [-0.39, 0.29) is 18.2 Å². The molecule has 1 amide bonds. The summed E-state index contributed by atoms with van der Waals surface area (Å²) in [6, 6.07) is 3.18. The molecule has 3 heterocycles. The van der Waals surface area contributed by atoms with Crippen molar-refractivity contribution in [3.8, 4) is 0 Å². The first kappa shape index (κ1) is 21.0. The molecule has 0 saturated carbocycles. The van der Waals surface area contributed by atoms with E-state index < -0.39 is 12.0 Å². The molecular weight excluding hydrogens is 374 g/mol. The summed E-state index contributed by atoms with van der Waals surface area (Å²) in [7, 11) is 3.43. The van der Waals surface area contributed by atoms with Gasteiger partial charge in [-0.15, -0.1) is 15.3 Å². The highest BCUT2D eigenvalue weighted by atomic mass is 16.5. The van der Waals surface area contributed by atoms with Gasteiger partial charge in [0.2, 0.25) is 5.91 Å². The van der Waals surface area contributed by atoms with Crippen molar-refractivity contribution in [3.05, 3.63) is 18.0 Å². The van der Waals surface area contributed by atoms with E-state index in [9.17, 15) is 9.59 Å². The molecule has 0 radical (unpaired) electrons. The summed E-state index contributed by atoms with van der Waals surface area (Å²) in [6.07, 6.45) is 0.555. The smallest absolute Gasteiger partial charge is 0.328 e. The number of piperazine rings is 1. The highest BCUT2D eigenvalue weighted by molar-refractivity contribution is 5.84. The Morgan fingerprint density at radius 1 is 1.17 bits per heavy atom. The number of likely N-dealkylation sites (N-methyl/N-ethyl adjacent to an activating group) is 1. The van der Waals surface area contributed by atoms with Gasteiger partial charge in [-0.05, 0) is 25.1 Å². The molecule has 1 saturated heterocycles. The molecule has 29 heavy (non-hydrogen) atoms. The number of amides is 1. The van der Waals surface area contributed by atoms with Crippen LogP contribution in [0.1, 0.15) is 26.1 Å². The average Bonchev–Trinajstić information content (AvgIpc) is 3.12. The summed E-state index contributed by atoms with van der Waals surface area (Å²) in [5, 5.41) is 15.8. The fourth-order valence-electron chi connectivity index (χ4n) is 3.28. The summed E-state index contributed by atoms with van der Waals surface area (Å²) >= 11 is 0. The second-order valence-electron chi connectivity index (χ2n) is 7.68. The van der Waals surface area contributed by atoms with Crippen LogP contribution in [0.4, 0.5) is 5.82 Å². The minimum atomic E-state index is -0.662. The highest BCUT2D eigenvalue weighted by Crippen LogP contribution is 2.15. The lowest BCUT2D eigenvalue weighted by Crippen LogP contribution is -2.45. The van der Waals surface area contributed by atoms with Gasteiger partial charge in [0.15, 0.2) is 11.5 Å². The third-order valence-electron chi connectivity index (χ3n) is 5.15. The molecule has 1 atom stereocenters. The molecule has 1 aliphatic rings. The standard InChI is InChI=1S/C19H29N7O3/c1-13(2)18(19(28)29-4)20-17(27)8-7-15-22-21-14-5-6-16(23-26(14)15)25-11-9-24(3)10-12-25/h5-6,13,18H,7-12H2,1-4H3,(H,20,27)/t18-/m0/s1.